The van der Waals surface area contributed by atoms with E-state index in [2.05, 4.69) is 30.2 Å². The van der Waals surface area contributed by atoms with E-state index >= 15 is 0 Å². The van der Waals surface area contributed by atoms with Crippen molar-refractivity contribution in [2.75, 3.05) is 0 Å². The third-order valence-electron chi connectivity index (χ3n) is 7.22. The molecule has 0 unspecified atom stereocenters. The van der Waals surface area contributed by atoms with Crippen molar-refractivity contribution in [1.82, 2.24) is 10.3 Å². The molecule has 0 bridgehead atoms. The predicted octanol–water partition coefficient (Wildman–Crippen LogP) is 5.44. The monoisotopic (exact) mass is 382 g/mol. The maximum absolute atomic E-state index is 13.8. The van der Waals surface area contributed by atoms with Crippen LogP contribution in [0.5, 0.6) is 0 Å². The molecular formula is C24H31FN2O. The fourth-order valence-corrected chi connectivity index (χ4v) is 5.59. The molecule has 1 aromatic heterocycles. The summed E-state index contributed by atoms with van der Waals surface area (Å²) in [7, 11) is 0. The highest BCUT2D eigenvalue weighted by molar-refractivity contribution is 5.83. The number of nitrogens with zero attached hydrogens (tertiary/aromatic N) is 1. The summed E-state index contributed by atoms with van der Waals surface area (Å²) in [6.07, 6.45) is 6.37. The molecule has 2 aromatic rings. The van der Waals surface area contributed by atoms with Crippen molar-refractivity contribution < 1.29 is 9.18 Å². The lowest BCUT2D eigenvalue weighted by molar-refractivity contribution is -0.132. The summed E-state index contributed by atoms with van der Waals surface area (Å²) >= 11 is 0. The predicted molar refractivity (Wildman–Crippen MR) is 110 cm³/mol. The lowest BCUT2D eigenvalue weighted by Gasteiger charge is -2.32. The molecule has 4 atom stereocenters. The summed E-state index contributed by atoms with van der Waals surface area (Å²) in [6.45, 7) is 8.24. The van der Waals surface area contributed by atoms with E-state index in [-0.39, 0.29) is 23.2 Å². The molecule has 2 fully saturated rings. The SMILES string of the molecule is CC(C)NC(=O)C(C)(C)[C@@H]1C[C@H]2C[C@@H](c3ccnc4ccc(F)cc34)C[C@H]2C1. The van der Waals surface area contributed by atoms with Crippen LogP contribution in [0.2, 0.25) is 0 Å². The van der Waals surface area contributed by atoms with Gasteiger partial charge in [0.2, 0.25) is 5.91 Å². The van der Waals surface area contributed by atoms with E-state index in [1.165, 1.54) is 11.6 Å². The topological polar surface area (TPSA) is 42.0 Å². The number of rotatable bonds is 4. The molecule has 0 aliphatic heterocycles. The molecule has 0 saturated heterocycles. The molecule has 1 aromatic carbocycles. The molecule has 1 N–H and O–H groups in total. The Labute approximate surface area is 167 Å². The zero-order valence-corrected chi connectivity index (χ0v) is 17.3. The van der Waals surface area contributed by atoms with Crippen LogP contribution in [0.15, 0.2) is 30.5 Å². The molecule has 2 aliphatic carbocycles. The van der Waals surface area contributed by atoms with Crippen molar-refractivity contribution in [1.29, 1.82) is 0 Å². The number of carbonyl (C=O) groups excluding carboxylic acids is 1. The van der Waals surface area contributed by atoms with Gasteiger partial charge in [-0.1, -0.05) is 13.8 Å². The number of amides is 1. The highest BCUT2D eigenvalue weighted by Crippen LogP contribution is 2.56. The third kappa shape index (κ3) is 3.42. The van der Waals surface area contributed by atoms with Crippen LogP contribution in [0.4, 0.5) is 4.39 Å². The van der Waals surface area contributed by atoms with Crippen LogP contribution >= 0.6 is 0 Å². The number of aromatic nitrogens is 1. The van der Waals surface area contributed by atoms with Crippen molar-refractivity contribution in [2.24, 2.45) is 23.2 Å². The first-order chi connectivity index (χ1) is 13.3. The van der Waals surface area contributed by atoms with E-state index in [0.717, 1.165) is 36.6 Å². The largest absolute Gasteiger partial charge is 0.353 e. The molecule has 3 nitrogen and oxygen atoms in total. The van der Waals surface area contributed by atoms with Gasteiger partial charge >= 0.3 is 0 Å². The summed E-state index contributed by atoms with van der Waals surface area (Å²) in [5.74, 6) is 2.22. The van der Waals surface area contributed by atoms with Crippen molar-refractivity contribution in [3.05, 3.63) is 41.8 Å². The summed E-state index contributed by atoms with van der Waals surface area (Å²) in [4.78, 5) is 17.1. The number of pyridine rings is 1. The van der Waals surface area contributed by atoms with E-state index in [0.29, 0.717) is 23.7 Å². The summed E-state index contributed by atoms with van der Waals surface area (Å²) in [5.41, 5.74) is 1.80. The Bertz CT molecular complexity index is 877. The van der Waals surface area contributed by atoms with Crippen LogP contribution in [0.3, 0.4) is 0 Å². The van der Waals surface area contributed by atoms with Crippen LogP contribution < -0.4 is 5.32 Å². The molecule has 4 rings (SSSR count). The molecule has 0 radical (unpaired) electrons. The second-order valence-electron chi connectivity index (χ2n) is 9.77. The van der Waals surface area contributed by atoms with Crippen LogP contribution in [-0.2, 0) is 4.79 Å². The Kier molecular flexibility index (Phi) is 4.93. The molecule has 0 spiro atoms. The molecule has 1 heterocycles. The van der Waals surface area contributed by atoms with Crippen molar-refractivity contribution >= 4 is 16.8 Å². The lowest BCUT2D eigenvalue weighted by atomic mass is 9.75. The van der Waals surface area contributed by atoms with Crippen LogP contribution in [0, 0.1) is 29.0 Å². The number of hydrogen-bond donors (Lipinski definition) is 1. The Morgan fingerprint density at radius 3 is 2.46 bits per heavy atom. The van der Waals surface area contributed by atoms with E-state index in [1.807, 2.05) is 20.0 Å². The van der Waals surface area contributed by atoms with Gasteiger partial charge in [-0.25, -0.2) is 4.39 Å². The van der Waals surface area contributed by atoms with E-state index < -0.39 is 0 Å². The normalized spacial score (nSPS) is 27.4. The number of nitrogens with one attached hydrogen (secondary N) is 1. The first-order valence-electron chi connectivity index (χ1n) is 10.6. The molecule has 1 amide bonds. The van der Waals surface area contributed by atoms with Gasteiger partial charge in [0, 0.05) is 23.0 Å². The number of fused-ring (bicyclic) bond motifs is 2. The minimum absolute atomic E-state index is 0.178. The van der Waals surface area contributed by atoms with Gasteiger partial charge in [0.1, 0.15) is 5.82 Å². The van der Waals surface area contributed by atoms with Crippen LogP contribution in [0.1, 0.15) is 64.9 Å². The summed E-state index contributed by atoms with van der Waals surface area (Å²) in [5, 5.41) is 4.06. The highest BCUT2D eigenvalue weighted by atomic mass is 19.1. The molecule has 150 valence electrons. The molecular weight excluding hydrogens is 351 g/mol. The zero-order valence-electron chi connectivity index (χ0n) is 17.3. The first kappa shape index (κ1) is 19.4. The zero-order chi connectivity index (χ0) is 20.1. The van der Waals surface area contributed by atoms with Crippen LogP contribution in [0.25, 0.3) is 10.9 Å². The minimum atomic E-state index is -0.323. The number of hydrogen-bond acceptors (Lipinski definition) is 2. The second-order valence-corrected chi connectivity index (χ2v) is 9.77. The number of benzene rings is 1. The van der Waals surface area contributed by atoms with Crippen molar-refractivity contribution in [3.8, 4) is 0 Å². The Hall–Kier alpha value is -1.97. The minimum Gasteiger partial charge on any atom is -0.353 e. The molecule has 2 aliphatic rings. The van der Waals surface area contributed by atoms with Gasteiger partial charge in [-0.05, 0) is 93.0 Å². The Morgan fingerprint density at radius 2 is 1.82 bits per heavy atom. The number of halogens is 1. The maximum atomic E-state index is 13.8. The van der Waals surface area contributed by atoms with Gasteiger partial charge in [0.15, 0.2) is 0 Å². The van der Waals surface area contributed by atoms with Gasteiger partial charge in [-0.15, -0.1) is 0 Å². The van der Waals surface area contributed by atoms with Gasteiger partial charge < -0.3 is 5.32 Å². The molecule has 4 heteroatoms. The standard InChI is InChI=1S/C24H31FN2O/c1-14(2)27-23(28)24(3,4)18-11-15-9-17(10-16(15)12-18)20-7-8-26-22-6-5-19(25)13-21(20)22/h5-8,13-18H,9-12H2,1-4H3,(H,27,28)/t15-,16+,17-,18-. The number of carbonyl (C=O) groups is 1. The van der Waals surface area contributed by atoms with E-state index in [4.69, 9.17) is 0 Å². The molecule has 28 heavy (non-hydrogen) atoms. The van der Waals surface area contributed by atoms with Gasteiger partial charge in [-0.3, -0.25) is 9.78 Å². The Balaban J connectivity index is 1.49. The Morgan fingerprint density at radius 1 is 1.14 bits per heavy atom. The fraction of sp³-hybridized carbons (Fsp3) is 0.583. The van der Waals surface area contributed by atoms with E-state index in [9.17, 15) is 9.18 Å². The van der Waals surface area contributed by atoms with E-state index in [1.54, 1.807) is 12.1 Å². The van der Waals surface area contributed by atoms with Gasteiger partial charge in [0.05, 0.1) is 5.52 Å². The smallest absolute Gasteiger partial charge is 0.226 e. The van der Waals surface area contributed by atoms with Gasteiger partial charge in [0.25, 0.3) is 0 Å². The van der Waals surface area contributed by atoms with Crippen molar-refractivity contribution in [3.63, 3.8) is 0 Å². The fourth-order valence-electron chi connectivity index (χ4n) is 5.59. The average Bonchev–Trinajstić information content (AvgIpc) is 3.20. The first-order valence-corrected chi connectivity index (χ1v) is 10.6. The second kappa shape index (κ2) is 7.13. The van der Waals surface area contributed by atoms with Gasteiger partial charge in [-0.2, -0.15) is 0 Å². The van der Waals surface area contributed by atoms with Crippen molar-refractivity contribution in [2.45, 2.75) is 65.3 Å². The third-order valence-corrected chi connectivity index (χ3v) is 7.22. The summed E-state index contributed by atoms with van der Waals surface area (Å²) in [6, 6.07) is 7.14. The average molecular weight is 383 g/mol. The quantitative estimate of drug-likeness (QED) is 0.764. The summed E-state index contributed by atoms with van der Waals surface area (Å²) < 4.78 is 13.8. The maximum Gasteiger partial charge on any atom is 0.226 e. The molecule has 2 saturated carbocycles. The highest BCUT2D eigenvalue weighted by Gasteiger charge is 2.48. The lowest BCUT2D eigenvalue weighted by Crippen LogP contribution is -2.44. The van der Waals surface area contributed by atoms with Crippen LogP contribution in [-0.4, -0.2) is 16.9 Å².